The predicted molar refractivity (Wildman–Crippen MR) is 109 cm³/mol. The van der Waals surface area contributed by atoms with Gasteiger partial charge in [0.2, 0.25) is 5.95 Å². The van der Waals surface area contributed by atoms with Crippen molar-refractivity contribution in [1.29, 1.82) is 5.26 Å². The summed E-state index contributed by atoms with van der Waals surface area (Å²) in [4.78, 5) is 12.6. The van der Waals surface area contributed by atoms with E-state index in [-0.39, 0.29) is 16.7 Å². The zero-order valence-electron chi connectivity index (χ0n) is 15.6. The number of hydrogen-bond acceptors (Lipinski definition) is 8. The fraction of sp³-hybridized carbons (Fsp3) is 0.100. The van der Waals surface area contributed by atoms with Gasteiger partial charge in [0.15, 0.2) is 9.84 Å². The number of nitriles is 1. The van der Waals surface area contributed by atoms with Gasteiger partial charge in [0, 0.05) is 18.0 Å². The molecule has 0 radical (unpaired) electrons. The molecule has 0 atom stereocenters. The lowest BCUT2D eigenvalue weighted by atomic mass is 10.0. The van der Waals surface area contributed by atoms with Crippen LogP contribution in [0.5, 0.6) is 0 Å². The Bertz CT molecular complexity index is 1310. The molecule has 8 nitrogen and oxygen atoms in total. The van der Waals surface area contributed by atoms with Gasteiger partial charge >= 0.3 is 0 Å². The van der Waals surface area contributed by atoms with Crippen molar-refractivity contribution >= 4 is 21.6 Å². The third-order valence-corrected chi connectivity index (χ3v) is 5.16. The number of anilines is 2. The summed E-state index contributed by atoms with van der Waals surface area (Å²) in [6.45, 7) is 1.74. The number of hydrogen-bond donors (Lipinski definition) is 2. The Morgan fingerprint density at radius 3 is 2.34 bits per heavy atom. The standard InChI is InChI=1S/C20H16N6O2S/c1-12-17(8-5-14-11-24-18(22)9-15(14)10-21)19(26-20(23)25-12)13-3-6-16(7-4-13)29(2,27)28/h3-4,6-7,9,11H,1-2H3,(H2,22,24)(H2,23,25,26). The maximum atomic E-state index is 11.7. The maximum Gasteiger partial charge on any atom is 0.220 e. The number of nitrogen functional groups attached to an aromatic ring is 2. The predicted octanol–water partition coefficient (Wildman–Crippen LogP) is 1.69. The summed E-state index contributed by atoms with van der Waals surface area (Å²) in [5.41, 5.74) is 14.3. The van der Waals surface area contributed by atoms with Gasteiger partial charge in [-0.25, -0.2) is 23.4 Å². The summed E-state index contributed by atoms with van der Waals surface area (Å²) < 4.78 is 23.4. The molecule has 0 spiro atoms. The molecule has 0 saturated carbocycles. The second-order valence-corrected chi connectivity index (χ2v) is 8.22. The van der Waals surface area contributed by atoms with Crippen molar-refractivity contribution in [2.24, 2.45) is 0 Å². The Kier molecular flexibility index (Phi) is 5.18. The third kappa shape index (κ3) is 4.32. The highest BCUT2D eigenvalue weighted by Crippen LogP contribution is 2.25. The van der Waals surface area contributed by atoms with E-state index in [4.69, 9.17) is 11.5 Å². The lowest BCUT2D eigenvalue weighted by Crippen LogP contribution is -2.03. The minimum Gasteiger partial charge on any atom is -0.384 e. The van der Waals surface area contributed by atoms with E-state index >= 15 is 0 Å². The molecule has 29 heavy (non-hydrogen) atoms. The first-order valence-corrected chi connectivity index (χ1v) is 10.2. The van der Waals surface area contributed by atoms with E-state index in [1.807, 2.05) is 6.07 Å². The first-order valence-electron chi connectivity index (χ1n) is 8.31. The topological polar surface area (TPSA) is 149 Å². The Balaban J connectivity index is 2.15. The van der Waals surface area contributed by atoms with Crippen LogP contribution in [0.15, 0.2) is 41.4 Å². The first kappa shape index (κ1) is 19.8. The van der Waals surface area contributed by atoms with Crippen molar-refractivity contribution < 1.29 is 8.42 Å². The van der Waals surface area contributed by atoms with Crippen LogP contribution in [0.25, 0.3) is 11.3 Å². The molecule has 0 unspecified atom stereocenters. The number of nitrogens with zero attached hydrogens (tertiary/aromatic N) is 4. The highest BCUT2D eigenvalue weighted by atomic mass is 32.2. The third-order valence-electron chi connectivity index (χ3n) is 4.03. The van der Waals surface area contributed by atoms with Crippen LogP contribution in [0.2, 0.25) is 0 Å². The summed E-state index contributed by atoms with van der Waals surface area (Å²) in [6, 6.07) is 9.73. The highest BCUT2D eigenvalue weighted by molar-refractivity contribution is 7.90. The van der Waals surface area contributed by atoms with Crippen molar-refractivity contribution in [3.63, 3.8) is 0 Å². The fourth-order valence-electron chi connectivity index (χ4n) is 2.61. The molecular weight excluding hydrogens is 388 g/mol. The van der Waals surface area contributed by atoms with E-state index in [0.717, 1.165) is 6.26 Å². The molecule has 0 amide bonds. The van der Waals surface area contributed by atoms with Crippen LogP contribution in [0.4, 0.5) is 11.8 Å². The van der Waals surface area contributed by atoms with Crippen LogP contribution in [0, 0.1) is 30.1 Å². The van der Waals surface area contributed by atoms with E-state index in [1.165, 1.54) is 24.4 Å². The van der Waals surface area contributed by atoms with Crippen LogP contribution >= 0.6 is 0 Å². The van der Waals surface area contributed by atoms with Gasteiger partial charge in [-0.05, 0) is 25.1 Å². The molecule has 9 heteroatoms. The number of rotatable bonds is 2. The van der Waals surface area contributed by atoms with Gasteiger partial charge in [0.1, 0.15) is 11.9 Å². The van der Waals surface area contributed by atoms with Crippen LogP contribution in [0.3, 0.4) is 0 Å². The number of pyridine rings is 1. The molecule has 0 bridgehead atoms. The molecule has 0 aliphatic rings. The molecule has 144 valence electrons. The molecule has 1 aromatic carbocycles. The molecule has 0 aliphatic heterocycles. The second-order valence-electron chi connectivity index (χ2n) is 6.20. The molecule has 0 saturated heterocycles. The van der Waals surface area contributed by atoms with Crippen molar-refractivity contribution in [3.8, 4) is 29.2 Å². The molecule has 3 rings (SSSR count). The summed E-state index contributed by atoms with van der Waals surface area (Å²) in [7, 11) is -3.32. The van der Waals surface area contributed by atoms with Crippen LogP contribution in [0.1, 0.15) is 22.4 Å². The molecule has 0 aliphatic carbocycles. The number of aryl methyl sites for hydroxylation is 1. The number of aromatic nitrogens is 3. The van der Waals surface area contributed by atoms with E-state index in [1.54, 1.807) is 19.1 Å². The van der Waals surface area contributed by atoms with E-state index < -0.39 is 9.84 Å². The van der Waals surface area contributed by atoms with Crippen LogP contribution in [-0.4, -0.2) is 29.6 Å². The molecule has 3 aromatic rings. The second kappa shape index (κ2) is 7.58. The van der Waals surface area contributed by atoms with Crippen molar-refractivity contribution in [1.82, 2.24) is 15.0 Å². The SMILES string of the molecule is Cc1nc(N)nc(-c2ccc(S(C)(=O)=O)cc2)c1C#Cc1cnc(N)cc1C#N. The van der Waals surface area contributed by atoms with Gasteiger partial charge in [-0.3, -0.25) is 0 Å². The first-order chi connectivity index (χ1) is 13.7. The Labute approximate surface area is 168 Å². The largest absolute Gasteiger partial charge is 0.384 e. The molecule has 4 N–H and O–H groups in total. The van der Waals surface area contributed by atoms with Gasteiger partial charge < -0.3 is 11.5 Å². The van der Waals surface area contributed by atoms with Gasteiger partial charge in [0.25, 0.3) is 0 Å². The monoisotopic (exact) mass is 404 g/mol. The smallest absolute Gasteiger partial charge is 0.220 e. The lowest BCUT2D eigenvalue weighted by Gasteiger charge is -2.08. The zero-order valence-corrected chi connectivity index (χ0v) is 16.4. The average Bonchev–Trinajstić information content (AvgIpc) is 2.67. The number of sulfone groups is 1. The minimum atomic E-state index is -3.32. The van der Waals surface area contributed by atoms with E-state index in [9.17, 15) is 13.7 Å². The summed E-state index contributed by atoms with van der Waals surface area (Å²) in [5.74, 6) is 6.19. The Morgan fingerprint density at radius 1 is 1.03 bits per heavy atom. The van der Waals surface area contributed by atoms with Crippen molar-refractivity contribution in [3.05, 3.63) is 58.9 Å². The average molecular weight is 404 g/mol. The Morgan fingerprint density at radius 2 is 1.72 bits per heavy atom. The normalized spacial score (nSPS) is 10.7. The van der Waals surface area contributed by atoms with Gasteiger partial charge in [-0.2, -0.15) is 5.26 Å². The van der Waals surface area contributed by atoms with Crippen molar-refractivity contribution in [2.45, 2.75) is 11.8 Å². The number of benzene rings is 1. The number of nitrogens with two attached hydrogens (primary N) is 2. The Hall–Kier alpha value is -3.95. The fourth-order valence-corrected chi connectivity index (χ4v) is 3.24. The maximum absolute atomic E-state index is 11.7. The summed E-state index contributed by atoms with van der Waals surface area (Å²) in [6.07, 6.45) is 2.56. The van der Waals surface area contributed by atoms with Crippen molar-refractivity contribution in [2.75, 3.05) is 17.7 Å². The van der Waals surface area contributed by atoms with Gasteiger partial charge in [-0.1, -0.05) is 24.0 Å². The molecule has 0 fully saturated rings. The quantitative estimate of drug-likeness (QED) is 0.613. The van der Waals surface area contributed by atoms with E-state index in [2.05, 4.69) is 26.8 Å². The summed E-state index contributed by atoms with van der Waals surface area (Å²) in [5, 5.41) is 9.26. The highest BCUT2D eigenvalue weighted by Gasteiger charge is 2.13. The van der Waals surface area contributed by atoms with Crippen LogP contribution < -0.4 is 11.5 Å². The zero-order chi connectivity index (χ0) is 21.2. The molecule has 2 heterocycles. The lowest BCUT2D eigenvalue weighted by molar-refractivity contribution is 0.602. The molecular formula is C20H16N6O2S. The summed E-state index contributed by atoms with van der Waals surface area (Å²) >= 11 is 0. The minimum absolute atomic E-state index is 0.0714. The molecule has 2 aromatic heterocycles. The van der Waals surface area contributed by atoms with Gasteiger partial charge in [-0.15, -0.1) is 0 Å². The van der Waals surface area contributed by atoms with Gasteiger partial charge in [0.05, 0.1) is 33.0 Å². The van der Waals surface area contributed by atoms with Crippen LogP contribution in [-0.2, 0) is 9.84 Å². The van der Waals surface area contributed by atoms with E-state index in [0.29, 0.717) is 33.6 Å².